The summed E-state index contributed by atoms with van der Waals surface area (Å²) in [5.41, 5.74) is 4.68. The van der Waals surface area contributed by atoms with Gasteiger partial charge in [0, 0.05) is 71.4 Å². The van der Waals surface area contributed by atoms with Gasteiger partial charge in [0.2, 0.25) is 35.4 Å². The number of carboxylic acids is 1. The summed E-state index contributed by atoms with van der Waals surface area (Å²) in [6, 6.07) is 44.7. The molecule has 12 rings (SSSR count). The molecular weight excluding hydrogens is 1280 g/mol. The van der Waals surface area contributed by atoms with Crippen LogP contribution in [0.1, 0.15) is 45.4 Å². The molecule has 9 N–H and O–H groups in total. The second kappa shape index (κ2) is 30.7. The third-order valence-corrected chi connectivity index (χ3v) is 14.7. The van der Waals surface area contributed by atoms with E-state index in [0.717, 1.165) is 0 Å². The minimum Gasteiger partial charge on any atom is -0.480 e. The van der Waals surface area contributed by atoms with Crippen molar-refractivity contribution in [3.63, 3.8) is 0 Å². The van der Waals surface area contributed by atoms with Crippen LogP contribution in [0.25, 0.3) is 0 Å². The first-order valence-corrected chi connectivity index (χ1v) is 29.5. The molecule has 0 bridgehead atoms. The van der Waals surface area contributed by atoms with Crippen LogP contribution in [0.2, 0.25) is 0 Å². The first kappa shape index (κ1) is 69.2. The van der Waals surface area contributed by atoms with E-state index in [4.69, 9.17) is 25.1 Å². The summed E-state index contributed by atoms with van der Waals surface area (Å²) in [6.45, 7) is 1.39. The lowest BCUT2D eigenvalue weighted by Gasteiger charge is -2.16. The van der Waals surface area contributed by atoms with Crippen LogP contribution in [-0.2, 0) is 33.6 Å². The van der Waals surface area contributed by atoms with E-state index in [1.165, 1.54) is 123 Å². The van der Waals surface area contributed by atoms with Gasteiger partial charge in [-0.05, 0) is 192 Å². The maximum Gasteiger partial charge on any atom is 0.363 e. The first-order valence-electron chi connectivity index (χ1n) is 29.5. The molecule has 3 aliphatic rings. The van der Waals surface area contributed by atoms with Crippen molar-refractivity contribution >= 4 is 93.0 Å². The van der Waals surface area contributed by atoms with E-state index in [0.29, 0.717) is 107 Å². The van der Waals surface area contributed by atoms with Crippen molar-refractivity contribution in [2.75, 3.05) is 37.6 Å². The van der Waals surface area contributed by atoms with Crippen molar-refractivity contribution in [2.45, 2.75) is 45.4 Å². The lowest BCUT2D eigenvalue weighted by atomic mass is 10.0. The summed E-state index contributed by atoms with van der Waals surface area (Å²) < 4.78 is 55.5. The molecule has 6 amide bonds. The van der Waals surface area contributed by atoms with Crippen LogP contribution in [0.5, 0.6) is 34.5 Å². The minimum atomic E-state index is -1.27. The predicted molar refractivity (Wildman–Crippen MR) is 349 cm³/mol. The van der Waals surface area contributed by atoms with Gasteiger partial charge < -0.3 is 77.2 Å². The molecular formula is C68H57F3N12O15. The van der Waals surface area contributed by atoms with Crippen molar-refractivity contribution in [2.24, 2.45) is 16.2 Å². The highest BCUT2D eigenvalue weighted by atomic mass is 19.1. The molecule has 0 unspecified atom stereocenters. The number of rotatable bonds is 20. The molecule has 6 aromatic carbocycles. The number of nitrogens with two attached hydrogens (primary N) is 1. The SMILES string of the molecule is CC(=O)Nc1ccc(Oc2cccc(NC(=O)C3(C(=O)Nc4ccc(F)cc4)CC3)c2)cn1.Nc1cccc(Oc2ccc([N+](=O)[O-])nc2)c1.O=C(Nc1ccc(F)cc1)C1(C(=O)Nc2cccc(Oc3ccc([N+](=O)[O-])nc3)c2)CC1.O=C(O)C1(C(=O)Nc2ccc(F)cc2)CC1. The Bertz CT molecular complexity index is 4430. The van der Waals surface area contributed by atoms with Gasteiger partial charge in [0.25, 0.3) is 0 Å². The number of nitrogens with one attached hydrogen (secondary N) is 6. The number of halogens is 3. The number of carbonyl (C=O) groups is 7. The van der Waals surface area contributed by atoms with Crippen molar-refractivity contribution in [1.82, 2.24) is 15.0 Å². The van der Waals surface area contributed by atoms with E-state index in [1.54, 1.807) is 84.9 Å². The van der Waals surface area contributed by atoms with Crippen LogP contribution in [0.4, 0.5) is 64.7 Å². The highest BCUT2D eigenvalue weighted by Gasteiger charge is 2.58. The molecule has 0 atom stereocenters. The fourth-order valence-electron chi connectivity index (χ4n) is 8.92. The molecule has 3 saturated carbocycles. The Kier molecular flexibility index (Phi) is 21.7. The lowest BCUT2D eigenvalue weighted by Crippen LogP contribution is -2.35. The van der Waals surface area contributed by atoms with Crippen LogP contribution in [0, 0.1) is 53.9 Å². The van der Waals surface area contributed by atoms with E-state index < -0.39 is 79.0 Å². The second-order valence-corrected chi connectivity index (χ2v) is 22.1. The number of carboxylic acid groups (broad SMARTS) is 1. The van der Waals surface area contributed by atoms with Gasteiger partial charge >= 0.3 is 17.6 Å². The number of amides is 6. The number of nitrogens with zero attached hydrogens (tertiary/aromatic N) is 5. The number of anilines is 7. The summed E-state index contributed by atoms with van der Waals surface area (Å²) in [5.74, 6) is -2.41. The molecule has 500 valence electrons. The van der Waals surface area contributed by atoms with Gasteiger partial charge in [-0.1, -0.05) is 18.2 Å². The molecule has 0 aliphatic heterocycles. The summed E-state index contributed by atoms with van der Waals surface area (Å²) in [5, 5.41) is 45.8. The molecule has 0 spiro atoms. The number of nitrogen functional groups attached to an aromatic ring is 1. The molecule has 3 heterocycles. The summed E-state index contributed by atoms with van der Waals surface area (Å²) >= 11 is 0. The van der Waals surface area contributed by atoms with Gasteiger partial charge in [-0.2, -0.15) is 0 Å². The molecule has 0 radical (unpaired) electrons. The highest BCUT2D eigenvalue weighted by molar-refractivity contribution is 6.18. The van der Waals surface area contributed by atoms with Crippen LogP contribution in [0.15, 0.2) is 201 Å². The Morgan fingerprint density at radius 2 is 0.745 bits per heavy atom. The molecule has 98 heavy (non-hydrogen) atoms. The third-order valence-electron chi connectivity index (χ3n) is 14.7. The van der Waals surface area contributed by atoms with Gasteiger partial charge in [0.1, 0.15) is 62.5 Å². The van der Waals surface area contributed by atoms with E-state index in [2.05, 4.69) is 46.9 Å². The summed E-state index contributed by atoms with van der Waals surface area (Å²) in [7, 11) is 0. The number of hydrogen-bond donors (Lipinski definition) is 8. The van der Waals surface area contributed by atoms with Crippen molar-refractivity contribution in [3.8, 4) is 34.5 Å². The molecule has 0 saturated heterocycles. The van der Waals surface area contributed by atoms with Gasteiger partial charge in [-0.15, -0.1) is 0 Å². The Morgan fingerprint density at radius 3 is 1.04 bits per heavy atom. The number of carbonyl (C=O) groups excluding carboxylic acids is 6. The number of hydrogen-bond acceptors (Lipinski definition) is 18. The molecule has 3 aromatic heterocycles. The van der Waals surface area contributed by atoms with E-state index in [-0.39, 0.29) is 23.3 Å². The fraction of sp³-hybridized carbons (Fsp3) is 0.147. The Balaban J connectivity index is 0.000000160. The maximum absolute atomic E-state index is 13.1. The largest absolute Gasteiger partial charge is 0.480 e. The van der Waals surface area contributed by atoms with Crippen molar-refractivity contribution < 1.29 is 75.9 Å². The van der Waals surface area contributed by atoms with E-state index >= 15 is 0 Å². The lowest BCUT2D eigenvalue weighted by molar-refractivity contribution is -0.389. The van der Waals surface area contributed by atoms with Crippen LogP contribution in [-0.4, -0.2) is 71.3 Å². The number of nitro groups is 2. The minimum absolute atomic E-state index is 0.218. The molecule has 3 fully saturated rings. The smallest absolute Gasteiger partial charge is 0.363 e. The van der Waals surface area contributed by atoms with E-state index in [9.17, 15) is 67.0 Å². The monoisotopic (exact) mass is 1340 g/mol. The number of pyridine rings is 3. The third kappa shape index (κ3) is 18.8. The van der Waals surface area contributed by atoms with Gasteiger partial charge in [0.15, 0.2) is 23.9 Å². The normalized spacial score (nSPS) is 13.4. The summed E-state index contributed by atoms with van der Waals surface area (Å²) in [4.78, 5) is 116. The quantitative estimate of drug-likeness (QED) is 0.0152. The topological polar surface area (TPSA) is 391 Å². The molecule has 30 heteroatoms. The zero-order chi connectivity index (χ0) is 70.2. The van der Waals surface area contributed by atoms with Crippen LogP contribution in [0.3, 0.4) is 0 Å². The average Bonchev–Trinajstić information content (AvgIpc) is 1.63. The van der Waals surface area contributed by atoms with Gasteiger partial charge in [-0.25, -0.2) is 18.2 Å². The fourth-order valence-corrected chi connectivity index (χ4v) is 8.92. The number of benzene rings is 6. The maximum atomic E-state index is 13.1. The Labute approximate surface area is 553 Å². The number of ether oxygens (including phenoxy) is 3. The first-order chi connectivity index (χ1) is 46.9. The van der Waals surface area contributed by atoms with Crippen molar-refractivity contribution in [1.29, 1.82) is 0 Å². The van der Waals surface area contributed by atoms with Gasteiger partial charge in [0.05, 0.1) is 6.20 Å². The Morgan fingerprint density at radius 1 is 0.418 bits per heavy atom. The second-order valence-electron chi connectivity index (χ2n) is 22.1. The molecule has 9 aromatic rings. The number of aromatic nitrogens is 3. The average molecular weight is 1340 g/mol. The van der Waals surface area contributed by atoms with Crippen LogP contribution < -0.4 is 51.8 Å². The van der Waals surface area contributed by atoms with Gasteiger partial charge in [-0.3, -0.25) is 33.6 Å². The molecule has 3 aliphatic carbocycles. The Hall–Kier alpha value is -13.2. The van der Waals surface area contributed by atoms with Crippen LogP contribution >= 0.6 is 0 Å². The van der Waals surface area contributed by atoms with Crippen molar-refractivity contribution in [3.05, 3.63) is 238 Å². The molecule has 27 nitrogen and oxygen atoms in total. The number of aliphatic carboxylic acids is 1. The predicted octanol–water partition coefficient (Wildman–Crippen LogP) is 12.6. The van der Waals surface area contributed by atoms with E-state index in [1.807, 2.05) is 0 Å². The standard InChI is InChI=1S/C24H21FN4O4.C22H17FN4O5.C11H10FNO3.C11H9N3O3/c1-15(30)27-21-10-9-20(14-26-21)33-19-4-2-3-18(13-19)29-23(32)24(11-12-24)22(31)28-17-7-5-16(25)6-8-17;23-14-4-6-15(7-5-14)25-20(28)22(10-11-22)21(29)26-16-2-1-3-17(12-16)32-18-8-9-19(24-13-18)27(30)31;12-7-1-3-8(4-2-7)13-9(14)11(5-6-11)10(15)16;12-8-2-1-3-9(6-8)17-10-4-5-11(13-7-10)14(15)16/h2-10,13-14H,11-12H2,1H3,(H,28,31)(H,29,32)(H,26,27,30);1-9,12-13H,10-11H2,(H,25,28)(H,26,29);1-4H,5-6H2,(H,13,14)(H,15,16);1-7H,12H2. The highest BCUT2D eigenvalue weighted by Crippen LogP contribution is 2.49. The zero-order valence-corrected chi connectivity index (χ0v) is 51.4. The zero-order valence-electron chi connectivity index (χ0n) is 51.4. The summed E-state index contributed by atoms with van der Waals surface area (Å²) in [6.07, 6.45) is 6.35.